The van der Waals surface area contributed by atoms with Gasteiger partial charge in [0.2, 0.25) is 0 Å². The third kappa shape index (κ3) is 2.99. The van der Waals surface area contributed by atoms with Gasteiger partial charge in [-0.15, -0.1) is 5.06 Å². The van der Waals surface area contributed by atoms with Crippen LogP contribution in [0.5, 0.6) is 6.01 Å². The van der Waals surface area contributed by atoms with Crippen molar-refractivity contribution in [3.05, 3.63) is 48.5 Å². The van der Waals surface area contributed by atoms with Crippen LogP contribution in [-0.2, 0) is 6.54 Å². The molecule has 16 heavy (non-hydrogen) atoms. The highest BCUT2D eigenvalue weighted by Crippen LogP contribution is 2.03. The van der Waals surface area contributed by atoms with E-state index in [0.717, 1.165) is 5.69 Å². The molecule has 0 aliphatic heterocycles. The molecule has 2 aromatic rings. The summed E-state index contributed by atoms with van der Waals surface area (Å²) < 4.78 is 0. The molecule has 0 aromatic carbocycles. The van der Waals surface area contributed by atoms with Crippen LogP contribution in [0.1, 0.15) is 5.69 Å². The summed E-state index contributed by atoms with van der Waals surface area (Å²) in [7, 11) is 1.81. The molecule has 0 saturated carbocycles. The monoisotopic (exact) mass is 216 g/mol. The van der Waals surface area contributed by atoms with Gasteiger partial charge >= 0.3 is 6.01 Å². The lowest BCUT2D eigenvalue weighted by Crippen LogP contribution is -2.23. The predicted octanol–water partition coefficient (Wildman–Crippen LogP) is 1.30. The highest BCUT2D eigenvalue weighted by atomic mass is 16.7. The van der Waals surface area contributed by atoms with E-state index in [1.807, 2.05) is 25.2 Å². The van der Waals surface area contributed by atoms with E-state index in [2.05, 4.69) is 15.0 Å². The van der Waals surface area contributed by atoms with Gasteiger partial charge in [0.15, 0.2) is 0 Å². The van der Waals surface area contributed by atoms with E-state index in [-0.39, 0.29) is 0 Å². The second-order valence-corrected chi connectivity index (χ2v) is 3.23. The van der Waals surface area contributed by atoms with Crippen LogP contribution in [0.15, 0.2) is 42.9 Å². The van der Waals surface area contributed by atoms with Crippen molar-refractivity contribution in [2.24, 2.45) is 0 Å². The van der Waals surface area contributed by atoms with E-state index >= 15 is 0 Å². The Morgan fingerprint density at radius 1 is 1.06 bits per heavy atom. The summed E-state index contributed by atoms with van der Waals surface area (Å²) in [6.45, 7) is 0.582. The lowest BCUT2D eigenvalue weighted by Gasteiger charge is -2.14. The molecule has 0 saturated heterocycles. The van der Waals surface area contributed by atoms with Crippen molar-refractivity contribution in [1.82, 2.24) is 20.0 Å². The lowest BCUT2D eigenvalue weighted by molar-refractivity contribution is -0.0502. The molecule has 0 aliphatic carbocycles. The van der Waals surface area contributed by atoms with Gasteiger partial charge in [-0.2, -0.15) is 0 Å². The number of hydrogen-bond donors (Lipinski definition) is 0. The lowest BCUT2D eigenvalue weighted by atomic mass is 10.3. The maximum Gasteiger partial charge on any atom is 0.335 e. The topological polar surface area (TPSA) is 51.1 Å². The van der Waals surface area contributed by atoms with Crippen LogP contribution in [0.25, 0.3) is 0 Å². The van der Waals surface area contributed by atoms with Crippen molar-refractivity contribution in [2.45, 2.75) is 6.54 Å². The summed E-state index contributed by atoms with van der Waals surface area (Å²) in [6.07, 6.45) is 5.02. The zero-order valence-corrected chi connectivity index (χ0v) is 8.95. The fourth-order valence-electron chi connectivity index (χ4n) is 1.22. The van der Waals surface area contributed by atoms with Crippen LogP contribution in [0.3, 0.4) is 0 Å². The minimum absolute atomic E-state index is 0.334. The molecule has 2 aromatic heterocycles. The zero-order chi connectivity index (χ0) is 11.2. The Labute approximate surface area is 93.7 Å². The Morgan fingerprint density at radius 2 is 1.81 bits per heavy atom. The Kier molecular flexibility index (Phi) is 3.40. The Hall–Kier alpha value is -2.01. The Morgan fingerprint density at radius 3 is 2.50 bits per heavy atom. The highest BCUT2D eigenvalue weighted by Gasteiger charge is 2.04. The maximum absolute atomic E-state index is 5.39. The smallest absolute Gasteiger partial charge is 0.335 e. The predicted molar refractivity (Wildman–Crippen MR) is 58.4 cm³/mol. The van der Waals surface area contributed by atoms with Gasteiger partial charge < -0.3 is 4.84 Å². The van der Waals surface area contributed by atoms with Crippen molar-refractivity contribution in [2.75, 3.05) is 7.05 Å². The van der Waals surface area contributed by atoms with Gasteiger partial charge in [-0.25, -0.2) is 9.97 Å². The number of hydroxylamine groups is 2. The molecular formula is C11H12N4O. The molecule has 0 atom stereocenters. The standard InChI is InChI=1S/C11H12N4O/c1-15(9-10-5-2-3-6-12-10)16-11-13-7-4-8-14-11/h2-8H,9H2,1H3. The third-order valence-electron chi connectivity index (χ3n) is 1.89. The molecule has 2 rings (SSSR count). The molecule has 0 fully saturated rings. The van der Waals surface area contributed by atoms with Gasteiger partial charge in [0, 0.05) is 25.6 Å². The van der Waals surface area contributed by atoms with E-state index < -0.39 is 0 Å². The molecule has 0 unspecified atom stereocenters. The van der Waals surface area contributed by atoms with Gasteiger partial charge in [0.25, 0.3) is 0 Å². The summed E-state index contributed by atoms with van der Waals surface area (Å²) in [4.78, 5) is 17.5. The van der Waals surface area contributed by atoms with Crippen LogP contribution in [0, 0.1) is 0 Å². The molecule has 0 radical (unpaired) electrons. The van der Waals surface area contributed by atoms with Crippen molar-refractivity contribution in [3.63, 3.8) is 0 Å². The quantitative estimate of drug-likeness (QED) is 0.721. The molecule has 0 aliphatic rings. The summed E-state index contributed by atoms with van der Waals surface area (Å²) in [5.74, 6) is 0. The van der Waals surface area contributed by atoms with Gasteiger partial charge in [-0.05, 0) is 18.2 Å². The fourth-order valence-corrected chi connectivity index (χ4v) is 1.22. The normalized spacial score (nSPS) is 10.4. The van der Waals surface area contributed by atoms with Crippen LogP contribution in [0.4, 0.5) is 0 Å². The van der Waals surface area contributed by atoms with Crippen molar-refractivity contribution < 1.29 is 4.84 Å². The molecule has 82 valence electrons. The number of aromatic nitrogens is 3. The van der Waals surface area contributed by atoms with Crippen LogP contribution < -0.4 is 4.84 Å². The molecule has 0 amide bonds. The third-order valence-corrected chi connectivity index (χ3v) is 1.89. The first-order chi connectivity index (χ1) is 7.84. The minimum atomic E-state index is 0.334. The average Bonchev–Trinajstić information content (AvgIpc) is 2.31. The summed E-state index contributed by atoms with van der Waals surface area (Å²) in [5.41, 5.74) is 0.931. The SMILES string of the molecule is CN(Cc1ccccn1)Oc1ncccn1. The van der Waals surface area contributed by atoms with Crippen molar-refractivity contribution in [3.8, 4) is 6.01 Å². The van der Waals surface area contributed by atoms with Crippen LogP contribution in [-0.4, -0.2) is 27.1 Å². The minimum Gasteiger partial charge on any atom is -0.365 e. The first-order valence-electron chi connectivity index (χ1n) is 4.90. The first kappa shape index (κ1) is 10.5. The van der Waals surface area contributed by atoms with E-state index in [1.165, 1.54) is 0 Å². The number of nitrogens with zero attached hydrogens (tertiary/aromatic N) is 4. The summed E-state index contributed by atoms with van der Waals surface area (Å²) in [6, 6.07) is 7.83. The molecule has 5 heteroatoms. The molecule has 0 N–H and O–H groups in total. The Bertz CT molecular complexity index is 379. The maximum atomic E-state index is 5.39. The fraction of sp³-hybridized carbons (Fsp3) is 0.182. The second kappa shape index (κ2) is 5.18. The number of hydrogen-bond acceptors (Lipinski definition) is 5. The Balaban J connectivity index is 1.92. The summed E-state index contributed by atoms with van der Waals surface area (Å²) in [5, 5.41) is 1.64. The van der Waals surface area contributed by atoms with E-state index in [1.54, 1.807) is 29.7 Å². The molecule has 2 heterocycles. The van der Waals surface area contributed by atoms with Crippen LogP contribution >= 0.6 is 0 Å². The van der Waals surface area contributed by atoms with Crippen molar-refractivity contribution in [1.29, 1.82) is 0 Å². The van der Waals surface area contributed by atoms with E-state index in [0.29, 0.717) is 12.6 Å². The second-order valence-electron chi connectivity index (χ2n) is 3.23. The van der Waals surface area contributed by atoms with Crippen LogP contribution in [0.2, 0.25) is 0 Å². The number of pyridine rings is 1. The molecule has 0 spiro atoms. The molecular weight excluding hydrogens is 204 g/mol. The van der Waals surface area contributed by atoms with Gasteiger partial charge in [-0.3, -0.25) is 4.98 Å². The number of rotatable bonds is 4. The van der Waals surface area contributed by atoms with Gasteiger partial charge in [0.05, 0.1) is 12.2 Å². The summed E-state index contributed by atoms with van der Waals surface area (Å²) >= 11 is 0. The first-order valence-corrected chi connectivity index (χ1v) is 4.90. The van der Waals surface area contributed by atoms with E-state index in [9.17, 15) is 0 Å². The van der Waals surface area contributed by atoms with Gasteiger partial charge in [0.1, 0.15) is 0 Å². The average molecular weight is 216 g/mol. The highest BCUT2D eigenvalue weighted by molar-refractivity contribution is 5.03. The largest absolute Gasteiger partial charge is 0.365 e. The molecule has 0 bridgehead atoms. The zero-order valence-electron chi connectivity index (χ0n) is 8.95. The van der Waals surface area contributed by atoms with Crippen molar-refractivity contribution >= 4 is 0 Å². The van der Waals surface area contributed by atoms with E-state index in [4.69, 9.17) is 4.84 Å². The van der Waals surface area contributed by atoms with Gasteiger partial charge in [-0.1, -0.05) is 6.07 Å². The molecule has 5 nitrogen and oxygen atoms in total.